The number of aliphatic hydroxyl groups is 1. The van der Waals surface area contributed by atoms with Crippen LogP contribution >= 0.6 is 23.2 Å². The quantitative estimate of drug-likeness (QED) is 0.279. The van der Waals surface area contributed by atoms with Gasteiger partial charge in [0.1, 0.15) is 12.4 Å². The molecule has 0 aliphatic heterocycles. The van der Waals surface area contributed by atoms with Gasteiger partial charge in [0.25, 0.3) is 5.91 Å². The summed E-state index contributed by atoms with van der Waals surface area (Å²) in [6, 6.07) is 22.1. The minimum Gasteiger partial charge on any atom is -0.489 e. The van der Waals surface area contributed by atoms with E-state index in [4.69, 9.17) is 27.9 Å². The Morgan fingerprint density at radius 3 is 2.45 bits per heavy atom. The average molecular weight is 551 g/mol. The van der Waals surface area contributed by atoms with Crippen LogP contribution in [0.25, 0.3) is 11.3 Å². The van der Waals surface area contributed by atoms with E-state index in [9.17, 15) is 9.90 Å². The number of nitrogens with zero attached hydrogens (tertiary/aromatic N) is 4. The number of rotatable bonds is 9. The molecule has 0 aliphatic carbocycles. The fourth-order valence-electron chi connectivity index (χ4n) is 3.81. The largest absolute Gasteiger partial charge is 0.489 e. The van der Waals surface area contributed by atoms with Crippen molar-refractivity contribution in [3.63, 3.8) is 0 Å². The maximum atomic E-state index is 13.5. The van der Waals surface area contributed by atoms with Crippen LogP contribution in [-0.4, -0.2) is 53.6 Å². The molecule has 1 unspecified atom stereocenters. The third-order valence-electron chi connectivity index (χ3n) is 5.88. The number of carbonyl (C=O) groups is 1. The summed E-state index contributed by atoms with van der Waals surface area (Å²) in [5, 5.41) is 11.7. The topological polar surface area (TPSA) is 78.8 Å². The predicted molar refractivity (Wildman–Crippen MR) is 151 cm³/mol. The molecule has 9 heteroatoms. The fraction of sp³-hybridized carbons (Fsp3) is 0.207. The molecule has 1 heterocycles. The van der Waals surface area contributed by atoms with Crippen molar-refractivity contribution < 1.29 is 14.6 Å². The lowest BCUT2D eigenvalue weighted by molar-refractivity contribution is 0.0680. The second-order valence-corrected chi connectivity index (χ2v) is 9.82. The first-order valence-electron chi connectivity index (χ1n) is 11.9. The van der Waals surface area contributed by atoms with Gasteiger partial charge in [0.15, 0.2) is 0 Å². The van der Waals surface area contributed by atoms with Crippen molar-refractivity contribution in [1.29, 1.82) is 0 Å². The number of hydrogen-bond donors (Lipinski definition) is 1. The van der Waals surface area contributed by atoms with E-state index in [2.05, 4.69) is 9.97 Å². The molecule has 0 saturated carbocycles. The molecule has 0 radical (unpaired) electrons. The highest BCUT2D eigenvalue weighted by Crippen LogP contribution is 2.31. The zero-order valence-corrected chi connectivity index (χ0v) is 22.8. The average Bonchev–Trinajstić information content (AvgIpc) is 2.93. The Morgan fingerprint density at radius 1 is 0.974 bits per heavy atom. The number of halogens is 2. The lowest BCUT2D eigenvalue weighted by Gasteiger charge is -2.23. The Morgan fingerprint density at radius 2 is 1.74 bits per heavy atom. The van der Waals surface area contributed by atoms with E-state index in [1.165, 1.54) is 11.1 Å². The third-order valence-corrected chi connectivity index (χ3v) is 6.62. The number of aliphatic hydroxyl groups excluding tert-OH is 1. The fourth-order valence-corrected chi connectivity index (χ4v) is 4.11. The standard InChI is InChI=1S/C29H28Cl2N4O3/c1-34(2)29-32-16-23(27(33-29)21-12-13-24(30)25(31)15-21)28(37)35(3)17-26(36)20-10-7-11-22(14-20)38-18-19-8-5-4-6-9-19/h4-16,26,36H,17-18H2,1-3H3. The molecule has 1 N–H and O–H groups in total. The van der Waals surface area contributed by atoms with Crippen LogP contribution in [0, 0.1) is 0 Å². The van der Waals surface area contributed by atoms with E-state index in [0.29, 0.717) is 45.2 Å². The van der Waals surface area contributed by atoms with E-state index >= 15 is 0 Å². The second-order valence-electron chi connectivity index (χ2n) is 9.00. The van der Waals surface area contributed by atoms with Crippen molar-refractivity contribution in [2.24, 2.45) is 0 Å². The first kappa shape index (κ1) is 27.4. The molecule has 0 fully saturated rings. The molecule has 7 nitrogen and oxygen atoms in total. The molecule has 1 aromatic heterocycles. The summed E-state index contributed by atoms with van der Waals surface area (Å²) in [7, 11) is 5.25. The maximum Gasteiger partial charge on any atom is 0.257 e. The van der Waals surface area contributed by atoms with Crippen LogP contribution in [0.15, 0.2) is 79.0 Å². The van der Waals surface area contributed by atoms with Crippen molar-refractivity contribution in [3.05, 3.63) is 106 Å². The lowest BCUT2D eigenvalue weighted by Crippen LogP contribution is -2.32. The highest BCUT2D eigenvalue weighted by atomic mass is 35.5. The lowest BCUT2D eigenvalue weighted by atomic mass is 10.1. The normalized spacial score (nSPS) is 11.6. The van der Waals surface area contributed by atoms with Crippen molar-refractivity contribution >= 4 is 35.1 Å². The highest BCUT2D eigenvalue weighted by Gasteiger charge is 2.23. The third kappa shape index (κ3) is 6.61. The monoisotopic (exact) mass is 550 g/mol. The number of anilines is 1. The first-order chi connectivity index (χ1) is 18.2. The van der Waals surface area contributed by atoms with Crippen LogP contribution in [-0.2, 0) is 6.61 Å². The minimum atomic E-state index is -0.931. The number of amides is 1. The number of hydrogen-bond acceptors (Lipinski definition) is 6. The second kappa shape index (κ2) is 12.3. The van der Waals surface area contributed by atoms with Gasteiger partial charge in [0.05, 0.1) is 34.0 Å². The van der Waals surface area contributed by atoms with Crippen molar-refractivity contribution in [3.8, 4) is 17.0 Å². The predicted octanol–water partition coefficient (Wildman–Crippen LogP) is 5.90. The molecular weight excluding hydrogens is 523 g/mol. The Bertz CT molecular complexity index is 1420. The summed E-state index contributed by atoms with van der Waals surface area (Å²) in [6.45, 7) is 0.469. The number of benzene rings is 3. The molecule has 0 bridgehead atoms. The Balaban J connectivity index is 1.52. The summed E-state index contributed by atoms with van der Waals surface area (Å²) >= 11 is 12.3. The van der Waals surface area contributed by atoms with Crippen LogP contribution in [0.1, 0.15) is 27.6 Å². The summed E-state index contributed by atoms with van der Waals surface area (Å²) in [5.74, 6) is 0.735. The molecule has 196 valence electrons. The Hall–Kier alpha value is -3.65. The van der Waals surface area contributed by atoms with Gasteiger partial charge in [-0.05, 0) is 35.4 Å². The van der Waals surface area contributed by atoms with Gasteiger partial charge in [-0.1, -0.05) is 71.7 Å². The smallest absolute Gasteiger partial charge is 0.257 e. The highest BCUT2D eigenvalue weighted by molar-refractivity contribution is 6.42. The number of likely N-dealkylation sites (N-methyl/N-ethyl adjacent to an activating group) is 1. The minimum absolute atomic E-state index is 0.0528. The van der Waals surface area contributed by atoms with E-state index in [0.717, 1.165) is 5.56 Å². The SMILES string of the molecule is CN(CC(O)c1cccc(OCc2ccccc2)c1)C(=O)c1cnc(N(C)C)nc1-c1ccc(Cl)c(Cl)c1. The zero-order chi connectivity index (χ0) is 27.2. The van der Waals surface area contributed by atoms with Crippen LogP contribution in [0.4, 0.5) is 5.95 Å². The summed E-state index contributed by atoms with van der Waals surface area (Å²) in [4.78, 5) is 25.6. The summed E-state index contributed by atoms with van der Waals surface area (Å²) in [5.41, 5.74) is 3.02. The molecule has 0 aliphatic rings. The molecule has 1 atom stereocenters. The molecule has 4 rings (SSSR count). The van der Waals surface area contributed by atoms with Gasteiger partial charge in [-0.3, -0.25) is 4.79 Å². The van der Waals surface area contributed by atoms with Gasteiger partial charge in [-0.25, -0.2) is 9.97 Å². The van der Waals surface area contributed by atoms with Gasteiger partial charge < -0.3 is 19.6 Å². The Kier molecular flexibility index (Phi) is 8.84. The van der Waals surface area contributed by atoms with Gasteiger partial charge in [-0.2, -0.15) is 0 Å². The number of carbonyl (C=O) groups excluding carboxylic acids is 1. The van der Waals surface area contributed by atoms with E-state index in [1.54, 1.807) is 42.3 Å². The van der Waals surface area contributed by atoms with Crippen molar-refractivity contribution in [2.45, 2.75) is 12.7 Å². The molecule has 38 heavy (non-hydrogen) atoms. The van der Waals surface area contributed by atoms with E-state index < -0.39 is 6.10 Å². The summed E-state index contributed by atoms with van der Waals surface area (Å²) < 4.78 is 5.89. The van der Waals surface area contributed by atoms with E-state index in [1.807, 2.05) is 56.6 Å². The maximum absolute atomic E-state index is 13.5. The van der Waals surface area contributed by atoms with E-state index in [-0.39, 0.29) is 18.0 Å². The van der Waals surface area contributed by atoms with Gasteiger partial charge in [-0.15, -0.1) is 0 Å². The van der Waals surface area contributed by atoms with Gasteiger partial charge >= 0.3 is 0 Å². The van der Waals surface area contributed by atoms with Crippen LogP contribution in [0.5, 0.6) is 5.75 Å². The molecular formula is C29H28Cl2N4O3. The molecule has 0 saturated heterocycles. The molecule has 0 spiro atoms. The molecule has 3 aromatic carbocycles. The zero-order valence-electron chi connectivity index (χ0n) is 21.3. The van der Waals surface area contributed by atoms with Gasteiger partial charge in [0.2, 0.25) is 5.95 Å². The van der Waals surface area contributed by atoms with Crippen LogP contribution in [0.3, 0.4) is 0 Å². The first-order valence-corrected chi connectivity index (χ1v) is 12.7. The number of ether oxygens (including phenoxy) is 1. The van der Waals surface area contributed by atoms with Crippen LogP contribution in [0.2, 0.25) is 10.0 Å². The van der Waals surface area contributed by atoms with Crippen molar-refractivity contribution in [2.75, 3.05) is 32.6 Å². The summed E-state index contributed by atoms with van der Waals surface area (Å²) in [6.07, 6.45) is 0.559. The Labute approximate surface area is 232 Å². The van der Waals surface area contributed by atoms with Gasteiger partial charge in [0, 0.05) is 32.9 Å². The number of aromatic nitrogens is 2. The molecule has 1 amide bonds. The van der Waals surface area contributed by atoms with Crippen molar-refractivity contribution in [1.82, 2.24) is 14.9 Å². The van der Waals surface area contributed by atoms with Crippen LogP contribution < -0.4 is 9.64 Å². The molecule has 4 aromatic rings.